The van der Waals surface area contributed by atoms with E-state index in [0.29, 0.717) is 0 Å². The molecular formula is C15H16BrNOS. The molecule has 0 aliphatic carbocycles. The number of amides is 1. The highest BCUT2D eigenvalue weighted by Gasteiger charge is 2.11. The fourth-order valence-electron chi connectivity index (χ4n) is 1.81. The highest BCUT2D eigenvalue weighted by atomic mass is 79.9. The summed E-state index contributed by atoms with van der Waals surface area (Å²) in [5, 5.41) is 2.92. The molecule has 0 atom stereocenters. The summed E-state index contributed by atoms with van der Waals surface area (Å²) < 4.78 is 1.01. The fourth-order valence-corrected chi connectivity index (χ4v) is 3.24. The van der Waals surface area contributed by atoms with Crippen LogP contribution in [0.1, 0.15) is 34.1 Å². The quantitative estimate of drug-likeness (QED) is 0.833. The van der Waals surface area contributed by atoms with Gasteiger partial charge in [0.05, 0.1) is 8.66 Å². The van der Waals surface area contributed by atoms with E-state index in [9.17, 15) is 4.79 Å². The van der Waals surface area contributed by atoms with Gasteiger partial charge in [0.25, 0.3) is 5.91 Å². The minimum Gasteiger partial charge on any atom is -0.321 e. The molecular weight excluding hydrogens is 322 g/mol. The van der Waals surface area contributed by atoms with Crippen molar-refractivity contribution in [2.45, 2.75) is 26.7 Å². The van der Waals surface area contributed by atoms with Gasteiger partial charge in [-0.1, -0.05) is 25.5 Å². The van der Waals surface area contributed by atoms with Crippen LogP contribution in [0.5, 0.6) is 0 Å². The highest BCUT2D eigenvalue weighted by Crippen LogP contribution is 2.27. The maximum atomic E-state index is 12.1. The molecule has 2 rings (SSSR count). The summed E-state index contributed by atoms with van der Waals surface area (Å²) >= 11 is 4.89. The van der Waals surface area contributed by atoms with Crippen molar-refractivity contribution < 1.29 is 4.79 Å². The van der Waals surface area contributed by atoms with Gasteiger partial charge in [-0.05, 0) is 58.6 Å². The molecule has 1 N–H and O–H groups in total. The number of rotatable bonds is 4. The van der Waals surface area contributed by atoms with Gasteiger partial charge in [-0.3, -0.25) is 4.79 Å². The topological polar surface area (TPSA) is 29.1 Å². The molecule has 0 aliphatic heterocycles. The van der Waals surface area contributed by atoms with E-state index < -0.39 is 0 Å². The van der Waals surface area contributed by atoms with Gasteiger partial charge in [-0.15, -0.1) is 11.3 Å². The van der Waals surface area contributed by atoms with E-state index in [1.807, 2.05) is 25.1 Å². The lowest BCUT2D eigenvalue weighted by molar-refractivity contribution is 0.103. The normalized spacial score (nSPS) is 10.5. The molecule has 0 aliphatic rings. The van der Waals surface area contributed by atoms with Crippen LogP contribution in [-0.4, -0.2) is 5.91 Å². The second-order valence-corrected chi connectivity index (χ2v) is 6.84. The number of halogens is 1. The Kier molecular flexibility index (Phi) is 4.77. The van der Waals surface area contributed by atoms with Gasteiger partial charge in [0.1, 0.15) is 0 Å². The summed E-state index contributed by atoms with van der Waals surface area (Å²) in [7, 11) is 0. The van der Waals surface area contributed by atoms with Crippen LogP contribution in [0.15, 0.2) is 34.1 Å². The predicted octanol–water partition coefficient (Wildman–Crippen LogP) is 5.02. The first-order valence-corrected chi connectivity index (χ1v) is 7.87. The monoisotopic (exact) mass is 337 g/mol. The van der Waals surface area contributed by atoms with E-state index in [2.05, 4.69) is 40.3 Å². The highest BCUT2D eigenvalue weighted by molar-refractivity contribution is 9.11. The van der Waals surface area contributed by atoms with Crippen LogP contribution in [-0.2, 0) is 6.42 Å². The van der Waals surface area contributed by atoms with Crippen molar-refractivity contribution in [2.75, 3.05) is 5.32 Å². The third kappa shape index (κ3) is 3.67. The largest absolute Gasteiger partial charge is 0.321 e. The van der Waals surface area contributed by atoms with Crippen LogP contribution in [0.2, 0.25) is 0 Å². The van der Waals surface area contributed by atoms with Crippen molar-refractivity contribution in [1.29, 1.82) is 0 Å². The zero-order valence-corrected chi connectivity index (χ0v) is 13.4. The van der Waals surface area contributed by atoms with Gasteiger partial charge in [0, 0.05) is 5.69 Å². The van der Waals surface area contributed by atoms with Crippen molar-refractivity contribution in [3.63, 3.8) is 0 Å². The summed E-state index contributed by atoms with van der Waals surface area (Å²) in [5.41, 5.74) is 3.23. The number of anilines is 1. The van der Waals surface area contributed by atoms with Crippen LogP contribution < -0.4 is 5.32 Å². The Balaban J connectivity index is 2.06. The van der Waals surface area contributed by atoms with Gasteiger partial charge in [-0.2, -0.15) is 0 Å². The van der Waals surface area contributed by atoms with Gasteiger partial charge in [0.2, 0.25) is 0 Å². The third-order valence-corrected chi connectivity index (χ3v) is 4.97. The lowest BCUT2D eigenvalue weighted by Gasteiger charge is -2.05. The molecule has 0 fully saturated rings. The van der Waals surface area contributed by atoms with Gasteiger partial charge < -0.3 is 5.32 Å². The van der Waals surface area contributed by atoms with Crippen molar-refractivity contribution in [3.8, 4) is 0 Å². The maximum absolute atomic E-state index is 12.1. The molecule has 19 heavy (non-hydrogen) atoms. The summed E-state index contributed by atoms with van der Waals surface area (Å²) in [6.45, 7) is 4.14. The van der Waals surface area contributed by atoms with Crippen molar-refractivity contribution in [3.05, 3.63) is 50.1 Å². The number of thiophene rings is 1. The fraction of sp³-hybridized carbons (Fsp3) is 0.267. The van der Waals surface area contributed by atoms with Crippen LogP contribution in [0.4, 0.5) is 5.69 Å². The predicted molar refractivity (Wildman–Crippen MR) is 85.1 cm³/mol. The number of aryl methyl sites for hydroxylation is 2. The Labute approximate surface area is 126 Å². The second-order valence-electron chi connectivity index (χ2n) is 4.47. The number of benzene rings is 1. The lowest BCUT2D eigenvalue weighted by atomic mass is 10.1. The van der Waals surface area contributed by atoms with E-state index >= 15 is 0 Å². The molecule has 0 spiro atoms. The Morgan fingerprint density at radius 1 is 1.32 bits per heavy atom. The molecule has 0 unspecified atom stereocenters. The Morgan fingerprint density at radius 3 is 2.53 bits per heavy atom. The summed E-state index contributed by atoms with van der Waals surface area (Å²) in [6, 6.07) is 9.94. The number of carbonyl (C=O) groups excluding carboxylic acids is 1. The smallest absolute Gasteiger partial charge is 0.265 e. The van der Waals surface area contributed by atoms with Gasteiger partial charge in [0.15, 0.2) is 0 Å². The summed E-state index contributed by atoms with van der Waals surface area (Å²) in [4.78, 5) is 12.8. The molecule has 0 radical (unpaired) electrons. The lowest BCUT2D eigenvalue weighted by Crippen LogP contribution is -2.09. The van der Waals surface area contributed by atoms with Crippen LogP contribution in [0.3, 0.4) is 0 Å². The third-order valence-electron chi connectivity index (χ3n) is 2.83. The standard InChI is InChI=1S/C15H16BrNOS/c1-3-4-11-5-7-12(8-6-11)17-15(18)13-9-10(2)14(16)19-13/h5-9H,3-4H2,1-2H3,(H,17,18). The van der Waals surface area contributed by atoms with Gasteiger partial charge in [-0.25, -0.2) is 0 Å². The van der Waals surface area contributed by atoms with E-state index in [4.69, 9.17) is 0 Å². The number of carbonyl (C=O) groups is 1. The first-order valence-electron chi connectivity index (χ1n) is 6.26. The van der Waals surface area contributed by atoms with Crippen LogP contribution >= 0.6 is 27.3 Å². The van der Waals surface area contributed by atoms with Crippen molar-refractivity contribution >= 4 is 38.9 Å². The Hall–Kier alpha value is -1.13. The average molecular weight is 338 g/mol. The van der Waals surface area contributed by atoms with Crippen molar-refractivity contribution in [2.24, 2.45) is 0 Å². The van der Waals surface area contributed by atoms with Crippen LogP contribution in [0, 0.1) is 6.92 Å². The second kappa shape index (κ2) is 6.35. The summed E-state index contributed by atoms with van der Waals surface area (Å²) in [5.74, 6) is -0.0537. The molecule has 1 amide bonds. The zero-order chi connectivity index (χ0) is 13.8. The molecule has 1 aromatic heterocycles. The first kappa shape index (κ1) is 14.3. The van der Waals surface area contributed by atoms with E-state index in [1.54, 1.807) is 0 Å². The molecule has 1 aromatic carbocycles. The van der Waals surface area contributed by atoms with E-state index in [1.165, 1.54) is 16.9 Å². The molecule has 2 aromatic rings. The SMILES string of the molecule is CCCc1ccc(NC(=O)c2cc(C)c(Br)s2)cc1. The number of hydrogen-bond acceptors (Lipinski definition) is 2. The Bertz CT molecular complexity index is 555. The zero-order valence-electron chi connectivity index (χ0n) is 11.0. The Morgan fingerprint density at radius 2 is 2.00 bits per heavy atom. The first-order chi connectivity index (χ1) is 9.10. The molecule has 0 saturated heterocycles. The number of hydrogen-bond donors (Lipinski definition) is 1. The minimum atomic E-state index is -0.0537. The molecule has 4 heteroatoms. The average Bonchev–Trinajstić information content (AvgIpc) is 2.72. The molecule has 0 bridgehead atoms. The van der Waals surface area contributed by atoms with E-state index in [-0.39, 0.29) is 5.91 Å². The molecule has 100 valence electrons. The number of nitrogens with one attached hydrogen (secondary N) is 1. The maximum Gasteiger partial charge on any atom is 0.265 e. The summed E-state index contributed by atoms with van der Waals surface area (Å²) in [6.07, 6.45) is 2.21. The van der Waals surface area contributed by atoms with Crippen molar-refractivity contribution in [1.82, 2.24) is 0 Å². The van der Waals surface area contributed by atoms with Crippen LogP contribution in [0.25, 0.3) is 0 Å². The minimum absolute atomic E-state index is 0.0537. The van der Waals surface area contributed by atoms with Gasteiger partial charge >= 0.3 is 0 Å². The molecule has 0 saturated carbocycles. The van der Waals surface area contributed by atoms with E-state index in [0.717, 1.165) is 32.8 Å². The molecule has 1 heterocycles. The molecule has 2 nitrogen and oxygen atoms in total.